The first kappa shape index (κ1) is 15.9. The minimum absolute atomic E-state index is 0.0700. The fourth-order valence-corrected chi connectivity index (χ4v) is 3.45. The third-order valence-corrected chi connectivity index (χ3v) is 4.76. The standard InChI is InChI=1S/C19H21ClN2O/c20-15-8-6-14(7-9-15)17-2-1-3-18(17)22-19(23)12-13-4-10-16(21)11-5-13/h4-11,17-18H,1-3,12,21H2,(H,22,23)/t17-,18-/m0/s1. The molecule has 0 saturated heterocycles. The van der Waals surface area contributed by atoms with Gasteiger partial charge in [0.15, 0.2) is 0 Å². The van der Waals surface area contributed by atoms with Crippen molar-refractivity contribution in [1.29, 1.82) is 0 Å². The number of nitrogens with one attached hydrogen (secondary N) is 1. The molecule has 3 N–H and O–H groups in total. The number of hydrogen-bond donors (Lipinski definition) is 2. The van der Waals surface area contributed by atoms with Crippen LogP contribution < -0.4 is 11.1 Å². The monoisotopic (exact) mass is 328 g/mol. The van der Waals surface area contributed by atoms with E-state index in [2.05, 4.69) is 17.4 Å². The minimum Gasteiger partial charge on any atom is -0.399 e. The highest BCUT2D eigenvalue weighted by atomic mass is 35.5. The average molecular weight is 329 g/mol. The van der Waals surface area contributed by atoms with Crippen molar-refractivity contribution in [1.82, 2.24) is 5.32 Å². The van der Waals surface area contributed by atoms with Gasteiger partial charge in [0, 0.05) is 22.7 Å². The molecule has 3 rings (SSSR count). The van der Waals surface area contributed by atoms with Crippen LogP contribution in [-0.4, -0.2) is 11.9 Å². The van der Waals surface area contributed by atoms with E-state index in [1.54, 1.807) is 0 Å². The van der Waals surface area contributed by atoms with Crippen LogP contribution >= 0.6 is 11.6 Å². The molecule has 4 heteroatoms. The summed E-state index contributed by atoms with van der Waals surface area (Å²) < 4.78 is 0. The highest BCUT2D eigenvalue weighted by Crippen LogP contribution is 2.35. The number of halogens is 1. The Morgan fingerprint density at radius 1 is 1.09 bits per heavy atom. The molecule has 3 nitrogen and oxygen atoms in total. The van der Waals surface area contributed by atoms with Crippen LogP contribution in [0.5, 0.6) is 0 Å². The quantitative estimate of drug-likeness (QED) is 0.836. The lowest BCUT2D eigenvalue weighted by atomic mass is 9.94. The van der Waals surface area contributed by atoms with Crippen molar-refractivity contribution in [3.63, 3.8) is 0 Å². The van der Waals surface area contributed by atoms with Crippen LogP contribution in [0, 0.1) is 0 Å². The first-order chi connectivity index (χ1) is 11.1. The van der Waals surface area contributed by atoms with Gasteiger partial charge >= 0.3 is 0 Å². The van der Waals surface area contributed by atoms with Crippen molar-refractivity contribution in [2.45, 2.75) is 37.6 Å². The van der Waals surface area contributed by atoms with Gasteiger partial charge in [0.1, 0.15) is 0 Å². The Kier molecular flexibility index (Phi) is 4.87. The lowest BCUT2D eigenvalue weighted by Gasteiger charge is -2.21. The van der Waals surface area contributed by atoms with Gasteiger partial charge in [-0.15, -0.1) is 0 Å². The largest absolute Gasteiger partial charge is 0.399 e. The van der Waals surface area contributed by atoms with Crippen molar-refractivity contribution in [3.05, 3.63) is 64.7 Å². The maximum Gasteiger partial charge on any atom is 0.224 e. The summed E-state index contributed by atoms with van der Waals surface area (Å²) in [7, 11) is 0. The molecule has 1 amide bonds. The first-order valence-electron chi connectivity index (χ1n) is 8.01. The zero-order valence-corrected chi connectivity index (χ0v) is 13.7. The molecular formula is C19H21ClN2O. The van der Waals surface area contributed by atoms with Crippen LogP contribution in [-0.2, 0) is 11.2 Å². The molecular weight excluding hydrogens is 308 g/mol. The number of anilines is 1. The summed E-state index contributed by atoms with van der Waals surface area (Å²) in [6.45, 7) is 0. The summed E-state index contributed by atoms with van der Waals surface area (Å²) in [5, 5.41) is 3.95. The second-order valence-corrected chi connectivity index (χ2v) is 6.62. The Labute approximate surface area is 141 Å². The third-order valence-electron chi connectivity index (χ3n) is 4.50. The number of carbonyl (C=O) groups is 1. The van der Waals surface area contributed by atoms with Crippen LogP contribution in [0.15, 0.2) is 48.5 Å². The van der Waals surface area contributed by atoms with Crippen LogP contribution in [0.3, 0.4) is 0 Å². The number of amides is 1. The Hall–Kier alpha value is -2.00. The van der Waals surface area contributed by atoms with Gasteiger partial charge in [0.25, 0.3) is 0 Å². The highest BCUT2D eigenvalue weighted by molar-refractivity contribution is 6.30. The topological polar surface area (TPSA) is 55.1 Å². The van der Waals surface area contributed by atoms with Crippen LogP contribution in [0.1, 0.15) is 36.3 Å². The van der Waals surface area contributed by atoms with Crippen LogP contribution in [0.2, 0.25) is 5.02 Å². The van der Waals surface area contributed by atoms with Gasteiger partial charge in [-0.25, -0.2) is 0 Å². The van der Waals surface area contributed by atoms with Gasteiger partial charge in [0.05, 0.1) is 6.42 Å². The predicted molar refractivity (Wildman–Crippen MR) is 94.5 cm³/mol. The summed E-state index contributed by atoms with van der Waals surface area (Å²) in [6.07, 6.45) is 3.67. The molecule has 1 fully saturated rings. The lowest BCUT2D eigenvalue weighted by Crippen LogP contribution is -2.37. The fourth-order valence-electron chi connectivity index (χ4n) is 3.32. The average Bonchev–Trinajstić information content (AvgIpc) is 2.98. The molecule has 23 heavy (non-hydrogen) atoms. The maximum absolute atomic E-state index is 12.3. The maximum atomic E-state index is 12.3. The zero-order valence-electron chi connectivity index (χ0n) is 13.0. The number of carbonyl (C=O) groups excluding carboxylic acids is 1. The van der Waals surface area contributed by atoms with E-state index >= 15 is 0 Å². The van der Waals surface area contributed by atoms with Gasteiger partial charge in [-0.2, -0.15) is 0 Å². The second kappa shape index (κ2) is 7.05. The summed E-state index contributed by atoms with van der Waals surface area (Å²) in [5.41, 5.74) is 8.63. The van der Waals surface area contributed by atoms with Crippen LogP contribution in [0.25, 0.3) is 0 Å². The Balaban J connectivity index is 1.62. The summed E-state index contributed by atoms with van der Waals surface area (Å²) in [4.78, 5) is 12.3. The van der Waals surface area contributed by atoms with E-state index < -0.39 is 0 Å². The van der Waals surface area contributed by atoms with E-state index in [1.807, 2.05) is 36.4 Å². The summed E-state index contributed by atoms with van der Waals surface area (Å²) >= 11 is 5.96. The normalized spacial score (nSPS) is 20.4. The number of rotatable bonds is 4. The van der Waals surface area contributed by atoms with Gasteiger partial charge in [-0.05, 0) is 48.2 Å². The molecule has 2 atom stereocenters. The summed E-state index contributed by atoms with van der Waals surface area (Å²) in [5.74, 6) is 0.447. The van der Waals surface area contributed by atoms with E-state index in [1.165, 1.54) is 5.56 Å². The molecule has 0 radical (unpaired) electrons. The number of benzene rings is 2. The van der Waals surface area contributed by atoms with Gasteiger partial charge < -0.3 is 11.1 Å². The highest BCUT2D eigenvalue weighted by Gasteiger charge is 2.29. The van der Waals surface area contributed by atoms with Crippen LogP contribution in [0.4, 0.5) is 5.69 Å². The fraction of sp³-hybridized carbons (Fsp3) is 0.316. The molecule has 2 aromatic carbocycles. The van der Waals surface area contributed by atoms with Crippen molar-refractivity contribution < 1.29 is 4.79 Å². The molecule has 0 aromatic heterocycles. The van der Waals surface area contributed by atoms with Gasteiger partial charge in [-0.3, -0.25) is 4.79 Å². The Bertz CT molecular complexity index is 667. The molecule has 0 spiro atoms. The molecule has 0 aliphatic heterocycles. The van der Waals surface area contributed by atoms with Crippen molar-refractivity contribution in [2.24, 2.45) is 0 Å². The van der Waals surface area contributed by atoms with Gasteiger partial charge in [-0.1, -0.05) is 42.3 Å². The Morgan fingerprint density at radius 3 is 2.48 bits per heavy atom. The molecule has 1 aliphatic rings. The molecule has 0 bridgehead atoms. The molecule has 1 saturated carbocycles. The molecule has 2 aromatic rings. The number of hydrogen-bond acceptors (Lipinski definition) is 2. The number of nitrogens with two attached hydrogens (primary N) is 1. The second-order valence-electron chi connectivity index (χ2n) is 6.18. The molecule has 1 aliphatic carbocycles. The smallest absolute Gasteiger partial charge is 0.224 e. The van der Waals surface area contributed by atoms with E-state index in [0.29, 0.717) is 18.0 Å². The minimum atomic E-state index is 0.0700. The first-order valence-corrected chi connectivity index (χ1v) is 8.39. The van der Waals surface area contributed by atoms with Gasteiger partial charge in [0.2, 0.25) is 5.91 Å². The van der Waals surface area contributed by atoms with Crippen molar-refractivity contribution >= 4 is 23.2 Å². The molecule has 120 valence electrons. The number of nitrogen functional groups attached to an aromatic ring is 1. The van der Waals surface area contributed by atoms with E-state index in [0.717, 1.165) is 29.8 Å². The Morgan fingerprint density at radius 2 is 1.78 bits per heavy atom. The molecule has 0 unspecified atom stereocenters. The SMILES string of the molecule is Nc1ccc(CC(=O)N[C@H]2CCC[C@H]2c2ccc(Cl)cc2)cc1. The molecule has 0 heterocycles. The predicted octanol–water partition coefficient (Wildman–Crippen LogP) is 3.92. The van der Waals surface area contributed by atoms with E-state index in [-0.39, 0.29) is 11.9 Å². The van der Waals surface area contributed by atoms with E-state index in [9.17, 15) is 4.79 Å². The van der Waals surface area contributed by atoms with Crippen molar-refractivity contribution in [2.75, 3.05) is 5.73 Å². The lowest BCUT2D eigenvalue weighted by molar-refractivity contribution is -0.121. The third kappa shape index (κ3) is 4.05. The van der Waals surface area contributed by atoms with Crippen molar-refractivity contribution in [3.8, 4) is 0 Å². The zero-order chi connectivity index (χ0) is 16.2. The summed E-state index contributed by atoms with van der Waals surface area (Å²) in [6, 6.07) is 15.6. The van der Waals surface area contributed by atoms with E-state index in [4.69, 9.17) is 17.3 Å².